The van der Waals surface area contributed by atoms with Crippen molar-refractivity contribution >= 4 is 37.7 Å². The van der Waals surface area contributed by atoms with Crippen molar-refractivity contribution in [1.29, 1.82) is 0 Å². The van der Waals surface area contributed by atoms with Crippen molar-refractivity contribution in [2.24, 2.45) is 0 Å². The van der Waals surface area contributed by atoms with E-state index in [0.29, 0.717) is 0 Å². The van der Waals surface area contributed by atoms with Crippen LogP contribution in [0.4, 0.5) is 0 Å². The zero-order chi connectivity index (χ0) is 4.50. The molecule has 0 amide bonds. The van der Waals surface area contributed by atoms with Gasteiger partial charge in [-0.05, 0) is 0 Å². The van der Waals surface area contributed by atoms with Crippen LogP contribution in [0.25, 0.3) is 0 Å². The summed E-state index contributed by atoms with van der Waals surface area (Å²) in [7, 11) is -5.17. The topological polar surface area (TPSA) is 80.3 Å². The van der Waals surface area contributed by atoms with Crippen molar-refractivity contribution in [1.82, 2.24) is 0 Å². The van der Waals surface area contributed by atoms with Crippen LogP contribution in [0.3, 0.4) is 0 Å². The summed E-state index contributed by atoms with van der Waals surface area (Å²) in [5.41, 5.74) is 0. The zero-order valence-corrected chi connectivity index (χ0v) is 7.25. The molecule has 0 aromatic carbocycles. The van der Waals surface area contributed by atoms with E-state index in [-0.39, 0.29) is 28.7 Å². The number of hydrogen-bond acceptors (Lipinski definition) is 4. The van der Waals surface area contributed by atoms with Crippen molar-refractivity contribution in [3.63, 3.8) is 0 Å². The van der Waals surface area contributed by atoms with Crippen molar-refractivity contribution < 1.29 is 18.9 Å². The fraction of sp³-hybridized carbons (Fsp3) is 0. The van der Waals surface area contributed by atoms with Crippen LogP contribution in [0.5, 0.6) is 0 Å². The molecule has 0 atom stereocenters. The van der Waals surface area contributed by atoms with E-state index in [1.54, 1.807) is 0 Å². The summed E-state index contributed by atoms with van der Waals surface area (Å²) < 4.78 is 34.1. The van der Waals surface area contributed by atoms with Gasteiger partial charge < -0.3 is 9.11 Å². The third-order valence-electron chi connectivity index (χ3n) is 0. The van der Waals surface area contributed by atoms with Gasteiger partial charge in [0.05, 0.1) is 0 Å². The SMILES string of the molecule is O=S(=O)([O-])[O-].[H+].[Pb+4]. The van der Waals surface area contributed by atoms with Crippen LogP contribution in [0.2, 0.25) is 0 Å². The molecule has 0 fully saturated rings. The molecule has 6 heavy (non-hydrogen) atoms. The van der Waals surface area contributed by atoms with Crippen LogP contribution in [-0.2, 0) is 10.4 Å². The fourth-order valence-corrected chi connectivity index (χ4v) is 0. The Kier molecular flexibility index (Phi) is 4.77. The van der Waals surface area contributed by atoms with Crippen LogP contribution in [0.1, 0.15) is 1.43 Å². The Morgan fingerprint density at radius 1 is 1.33 bits per heavy atom. The molecule has 0 aliphatic rings. The van der Waals surface area contributed by atoms with Gasteiger partial charge in [-0.15, -0.1) is 0 Å². The fourth-order valence-electron chi connectivity index (χ4n) is 0. The first-order chi connectivity index (χ1) is 2.00. The van der Waals surface area contributed by atoms with Crippen molar-refractivity contribution in [3.05, 3.63) is 0 Å². The summed E-state index contributed by atoms with van der Waals surface area (Å²) in [5.74, 6) is 0. The second kappa shape index (κ2) is 2.88. The molecule has 32 valence electrons. The Labute approximate surface area is 56.8 Å². The molecule has 0 aromatic rings. The summed E-state index contributed by atoms with van der Waals surface area (Å²) in [4.78, 5) is 0. The Bertz CT molecular complexity index is 94.9. The molecule has 6 heteroatoms. The summed E-state index contributed by atoms with van der Waals surface area (Å²) in [6.45, 7) is 0. The van der Waals surface area contributed by atoms with E-state index in [0.717, 1.165) is 0 Å². The first-order valence-corrected chi connectivity index (χ1v) is 2.00. The van der Waals surface area contributed by atoms with Crippen LogP contribution >= 0.6 is 0 Å². The Balaban J connectivity index is -0.0000000800. The van der Waals surface area contributed by atoms with E-state index in [9.17, 15) is 0 Å². The average molecular weight is 304 g/mol. The van der Waals surface area contributed by atoms with Gasteiger partial charge in [0.1, 0.15) is 0 Å². The predicted molar refractivity (Wildman–Crippen MR) is 17.3 cm³/mol. The van der Waals surface area contributed by atoms with Crippen LogP contribution in [0, 0.1) is 0 Å². The van der Waals surface area contributed by atoms with Gasteiger partial charge in [0.25, 0.3) is 0 Å². The van der Waals surface area contributed by atoms with E-state index in [1.165, 1.54) is 0 Å². The maximum absolute atomic E-state index is 8.52. The number of rotatable bonds is 0. The van der Waals surface area contributed by atoms with E-state index in [2.05, 4.69) is 0 Å². The van der Waals surface area contributed by atoms with Crippen molar-refractivity contribution in [3.8, 4) is 0 Å². The molecule has 4 nitrogen and oxygen atoms in total. The van der Waals surface area contributed by atoms with E-state index < -0.39 is 10.4 Å². The van der Waals surface area contributed by atoms with E-state index >= 15 is 0 Å². The molecule has 0 radical (unpaired) electrons. The molecule has 0 aliphatic carbocycles. The minimum Gasteiger partial charge on any atom is -0.759 e. The molecule has 0 N–H and O–H groups in total. The Morgan fingerprint density at radius 3 is 1.33 bits per heavy atom. The van der Waals surface area contributed by atoms with E-state index in [4.69, 9.17) is 17.5 Å². The van der Waals surface area contributed by atoms with Crippen LogP contribution in [-0.4, -0.2) is 44.8 Å². The third kappa shape index (κ3) is 110. The molecule has 0 saturated heterocycles. The standard InChI is InChI=1S/H2O4S.Pb/c1-5(2,3)4;/h(H2,1,2,3,4);/q;+4/p-1. The first-order valence-electron chi connectivity index (χ1n) is 0.667. The minimum atomic E-state index is -5.17. The smallest absolute Gasteiger partial charge is 0.759 e. The minimum absolute atomic E-state index is 0. The van der Waals surface area contributed by atoms with Gasteiger partial charge in [-0.3, -0.25) is 8.42 Å². The molecule has 0 saturated carbocycles. The van der Waals surface area contributed by atoms with Gasteiger partial charge in [-0.2, -0.15) is 0 Å². The summed E-state index contributed by atoms with van der Waals surface area (Å²) in [6, 6.07) is 0. The van der Waals surface area contributed by atoms with Crippen LogP contribution < -0.4 is 0 Å². The summed E-state index contributed by atoms with van der Waals surface area (Å²) in [6.07, 6.45) is 0. The molecule has 0 rings (SSSR count). The molecule has 0 unspecified atom stereocenters. The molecule has 0 bridgehead atoms. The zero-order valence-electron chi connectivity index (χ0n) is 3.54. The molecule has 0 heterocycles. The average Bonchev–Trinajstić information content (AvgIpc) is 0.722. The van der Waals surface area contributed by atoms with E-state index in [1.807, 2.05) is 0 Å². The quantitative estimate of drug-likeness (QED) is 0.306. The van der Waals surface area contributed by atoms with Gasteiger partial charge in [-0.1, -0.05) is 0 Å². The Morgan fingerprint density at radius 2 is 1.33 bits per heavy atom. The molecular formula is HO4PbS+3. The predicted octanol–water partition coefficient (Wildman–Crippen LogP) is -1.61. The first kappa shape index (κ1) is 9.92. The van der Waals surface area contributed by atoms with Gasteiger partial charge in [0.2, 0.25) is 0 Å². The second-order valence-electron chi connectivity index (χ2n) is 0.408. The maximum Gasteiger partial charge on any atom is 4.00 e. The molecular weight excluding hydrogens is 303 g/mol. The molecule has 0 spiro atoms. The second-order valence-corrected chi connectivity index (χ2v) is 1.22. The van der Waals surface area contributed by atoms with Crippen molar-refractivity contribution in [2.45, 2.75) is 0 Å². The monoisotopic (exact) mass is 305 g/mol. The van der Waals surface area contributed by atoms with Gasteiger partial charge in [0, 0.05) is 10.4 Å². The Hall–Kier alpha value is 0.792. The number of hydrogen-bond donors (Lipinski definition) is 0. The summed E-state index contributed by atoms with van der Waals surface area (Å²) >= 11 is 0. The maximum atomic E-state index is 8.52. The normalized spacial score (nSPS) is 9.67. The van der Waals surface area contributed by atoms with Gasteiger partial charge in [0.15, 0.2) is 0 Å². The van der Waals surface area contributed by atoms with Crippen LogP contribution in [0.15, 0.2) is 0 Å². The molecule has 0 aromatic heterocycles. The van der Waals surface area contributed by atoms with Crippen molar-refractivity contribution in [2.75, 3.05) is 0 Å². The largest absolute Gasteiger partial charge is 4.00 e. The van der Waals surface area contributed by atoms with Gasteiger partial charge in [-0.25, -0.2) is 0 Å². The van der Waals surface area contributed by atoms with Gasteiger partial charge >= 0.3 is 28.7 Å². The summed E-state index contributed by atoms with van der Waals surface area (Å²) in [5, 5.41) is 0. The third-order valence-corrected chi connectivity index (χ3v) is 0. The molecule has 0 aliphatic heterocycles.